The Morgan fingerprint density at radius 3 is 2.40 bits per heavy atom. The molecule has 1 aliphatic rings. The van der Waals surface area contributed by atoms with Crippen molar-refractivity contribution < 1.29 is 8.78 Å². The molecule has 2 rings (SSSR count). The molecule has 1 saturated heterocycles. The van der Waals surface area contributed by atoms with Gasteiger partial charge in [-0.15, -0.1) is 0 Å². The molecule has 0 spiro atoms. The van der Waals surface area contributed by atoms with Gasteiger partial charge in [-0.3, -0.25) is 0 Å². The minimum Gasteiger partial charge on any atom is -0.330 e. The van der Waals surface area contributed by atoms with Crippen molar-refractivity contribution in [3.05, 3.63) is 35.4 Å². The Morgan fingerprint density at radius 1 is 1.25 bits per heavy atom. The fourth-order valence-corrected chi connectivity index (χ4v) is 3.21. The van der Waals surface area contributed by atoms with Crippen molar-refractivity contribution in [1.29, 1.82) is 0 Å². The smallest absolute Gasteiger partial charge is 0.129 e. The highest BCUT2D eigenvalue weighted by atomic mass is 19.1. The van der Waals surface area contributed by atoms with Gasteiger partial charge in [-0.25, -0.2) is 8.78 Å². The first-order chi connectivity index (χ1) is 9.52. The molecule has 2 N–H and O–H groups in total. The molecule has 0 aliphatic carbocycles. The van der Waals surface area contributed by atoms with Crippen molar-refractivity contribution >= 4 is 0 Å². The first-order valence-corrected chi connectivity index (χ1v) is 7.42. The summed E-state index contributed by atoms with van der Waals surface area (Å²) in [6.45, 7) is 6.86. The van der Waals surface area contributed by atoms with E-state index in [1.807, 2.05) is 0 Å². The van der Waals surface area contributed by atoms with Crippen LogP contribution in [0.25, 0.3) is 0 Å². The van der Waals surface area contributed by atoms with Crippen molar-refractivity contribution in [3.63, 3.8) is 0 Å². The molecule has 0 bridgehead atoms. The fraction of sp³-hybridized carbons (Fsp3) is 0.625. The quantitative estimate of drug-likeness (QED) is 0.919. The highest BCUT2D eigenvalue weighted by Gasteiger charge is 2.29. The van der Waals surface area contributed by atoms with E-state index in [2.05, 4.69) is 18.7 Å². The van der Waals surface area contributed by atoms with Crippen LogP contribution in [0.4, 0.5) is 8.78 Å². The zero-order chi connectivity index (χ0) is 14.7. The summed E-state index contributed by atoms with van der Waals surface area (Å²) in [5.41, 5.74) is 6.43. The average molecular weight is 282 g/mol. The maximum atomic E-state index is 13.9. The standard InChI is InChI=1S/C16H24F2N2/c1-11(2)20-7-5-12(6-8-20)15(10-19)14-4-3-13(17)9-16(14)18/h3-4,9,11-12,15H,5-8,10,19H2,1-2H3. The van der Waals surface area contributed by atoms with Gasteiger partial charge in [0.05, 0.1) is 0 Å². The Labute approximate surface area is 120 Å². The first kappa shape index (κ1) is 15.4. The zero-order valence-electron chi connectivity index (χ0n) is 12.3. The van der Waals surface area contributed by atoms with E-state index in [-0.39, 0.29) is 5.92 Å². The van der Waals surface area contributed by atoms with Gasteiger partial charge in [0.1, 0.15) is 11.6 Å². The molecule has 20 heavy (non-hydrogen) atoms. The predicted octanol–water partition coefficient (Wildman–Crippen LogP) is 3.13. The third-order valence-corrected chi connectivity index (χ3v) is 4.49. The van der Waals surface area contributed by atoms with Crippen LogP contribution in [0.5, 0.6) is 0 Å². The minimum atomic E-state index is -0.531. The molecule has 0 aromatic heterocycles. The predicted molar refractivity (Wildman–Crippen MR) is 77.6 cm³/mol. The van der Waals surface area contributed by atoms with Crippen molar-refractivity contribution in [2.75, 3.05) is 19.6 Å². The van der Waals surface area contributed by atoms with Gasteiger partial charge in [-0.05, 0) is 63.9 Å². The second-order valence-corrected chi connectivity index (χ2v) is 5.98. The fourth-order valence-electron chi connectivity index (χ4n) is 3.21. The molecule has 1 aromatic carbocycles. The lowest BCUT2D eigenvalue weighted by Crippen LogP contribution is -2.40. The van der Waals surface area contributed by atoms with Crippen LogP contribution < -0.4 is 5.73 Å². The van der Waals surface area contributed by atoms with Crippen LogP contribution in [0.2, 0.25) is 0 Å². The summed E-state index contributed by atoms with van der Waals surface area (Å²) in [6, 6.07) is 4.39. The highest BCUT2D eigenvalue weighted by Crippen LogP contribution is 2.33. The highest BCUT2D eigenvalue weighted by molar-refractivity contribution is 5.24. The summed E-state index contributed by atoms with van der Waals surface area (Å²) >= 11 is 0. The summed E-state index contributed by atoms with van der Waals surface area (Å²) in [5, 5.41) is 0. The molecule has 1 aromatic rings. The molecule has 112 valence electrons. The van der Waals surface area contributed by atoms with Crippen LogP contribution in [-0.2, 0) is 0 Å². The normalized spacial score (nSPS) is 19.5. The minimum absolute atomic E-state index is 0.00934. The van der Waals surface area contributed by atoms with Crippen LogP contribution in [0.15, 0.2) is 18.2 Å². The lowest BCUT2D eigenvalue weighted by atomic mass is 9.79. The number of nitrogens with two attached hydrogens (primary N) is 1. The van der Waals surface area contributed by atoms with E-state index in [1.54, 1.807) is 6.07 Å². The van der Waals surface area contributed by atoms with Crippen LogP contribution in [0, 0.1) is 17.6 Å². The summed E-state index contributed by atoms with van der Waals surface area (Å²) < 4.78 is 27.0. The van der Waals surface area contributed by atoms with Gasteiger partial charge in [0.2, 0.25) is 0 Å². The molecular formula is C16H24F2N2. The Kier molecular flexibility index (Phi) is 5.11. The lowest BCUT2D eigenvalue weighted by molar-refractivity contribution is 0.137. The molecule has 1 heterocycles. The van der Waals surface area contributed by atoms with Crippen molar-refractivity contribution in [2.45, 2.75) is 38.6 Å². The Balaban J connectivity index is 2.09. The Hall–Kier alpha value is -1.00. The summed E-state index contributed by atoms with van der Waals surface area (Å²) in [4.78, 5) is 2.44. The number of hydrogen-bond donors (Lipinski definition) is 1. The third kappa shape index (κ3) is 3.36. The van der Waals surface area contributed by atoms with Gasteiger partial charge in [0.25, 0.3) is 0 Å². The summed E-state index contributed by atoms with van der Waals surface area (Å²) in [7, 11) is 0. The average Bonchev–Trinajstić information content (AvgIpc) is 2.42. The number of hydrogen-bond acceptors (Lipinski definition) is 2. The third-order valence-electron chi connectivity index (χ3n) is 4.49. The SMILES string of the molecule is CC(C)N1CCC(C(CN)c2ccc(F)cc2F)CC1. The van der Waals surface area contributed by atoms with Gasteiger partial charge in [0, 0.05) is 18.0 Å². The van der Waals surface area contributed by atoms with Crippen LogP contribution in [0.1, 0.15) is 38.2 Å². The molecule has 0 saturated carbocycles. The van der Waals surface area contributed by atoms with E-state index >= 15 is 0 Å². The van der Waals surface area contributed by atoms with E-state index in [0.29, 0.717) is 24.1 Å². The van der Waals surface area contributed by atoms with E-state index in [0.717, 1.165) is 32.0 Å². The lowest BCUT2D eigenvalue weighted by Gasteiger charge is -2.38. The zero-order valence-corrected chi connectivity index (χ0v) is 12.3. The maximum absolute atomic E-state index is 13.9. The Morgan fingerprint density at radius 2 is 1.90 bits per heavy atom. The second kappa shape index (κ2) is 6.64. The van der Waals surface area contributed by atoms with Gasteiger partial charge >= 0.3 is 0 Å². The Bertz CT molecular complexity index is 440. The molecule has 0 amide bonds. The van der Waals surface area contributed by atoms with Gasteiger partial charge < -0.3 is 10.6 Å². The molecule has 1 atom stereocenters. The van der Waals surface area contributed by atoms with Crippen LogP contribution in [-0.4, -0.2) is 30.6 Å². The summed E-state index contributed by atoms with van der Waals surface area (Å²) in [6.07, 6.45) is 2.05. The van der Waals surface area contributed by atoms with Crippen LogP contribution in [0.3, 0.4) is 0 Å². The maximum Gasteiger partial charge on any atom is 0.129 e. The summed E-state index contributed by atoms with van der Waals surface area (Å²) in [5.74, 6) is -0.622. The van der Waals surface area contributed by atoms with E-state index in [4.69, 9.17) is 5.73 Å². The van der Waals surface area contributed by atoms with Gasteiger partial charge in [-0.1, -0.05) is 6.07 Å². The number of halogens is 2. The molecule has 4 heteroatoms. The van der Waals surface area contributed by atoms with Crippen molar-refractivity contribution in [1.82, 2.24) is 4.90 Å². The number of rotatable bonds is 4. The van der Waals surface area contributed by atoms with Gasteiger partial charge in [0.15, 0.2) is 0 Å². The van der Waals surface area contributed by atoms with E-state index < -0.39 is 11.6 Å². The van der Waals surface area contributed by atoms with Crippen molar-refractivity contribution in [2.24, 2.45) is 11.7 Å². The monoisotopic (exact) mass is 282 g/mol. The van der Waals surface area contributed by atoms with Crippen LogP contribution >= 0.6 is 0 Å². The molecule has 2 nitrogen and oxygen atoms in total. The molecule has 0 radical (unpaired) electrons. The van der Waals surface area contributed by atoms with Crippen molar-refractivity contribution in [3.8, 4) is 0 Å². The molecule has 1 fully saturated rings. The molecular weight excluding hydrogens is 258 g/mol. The topological polar surface area (TPSA) is 29.3 Å². The van der Waals surface area contributed by atoms with E-state index in [9.17, 15) is 8.78 Å². The number of piperidine rings is 1. The number of benzene rings is 1. The first-order valence-electron chi connectivity index (χ1n) is 7.42. The second-order valence-electron chi connectivity index (χ2n) is 5.98. The van der Waals surface area contributed by atoms with Gasteiger partial charge in [-0.2, -0.15) is 0 Å². The number of nitrogens with zero attached hydrogens (tertiary/aromatic N) is 1. The largest absolute Gasteiger partial charge is 0.330 e. The molecule has 1 unspecified atom stereocenters. The van der Waals surface area contributed by atoms with E-state index in [1.165, 1.54) is 6.07 Å². The number of likely N-dealkylation sites (tertiary alicyclic amines) is 1. The molecule has 1 aliphatic heterocycles.